The number of benzene rings is 1. The fourth-order valence-electron chi connectivity index (χ4n) is 2.06. The molecule has 0 saturated carbocycles. The maximum absolute atomic E-state index is 5.83. The van der Waals surface area contributed by atoms with Gasteiger partial charge in [0.2, 0.25) is 0 Å². The highest BCUT2D eigenvalue weighted by molar-refractivity contribution is 9.10. The molecule has 0 bridgehead atoms. The van der Waals surface area contributed by atoms with Crippen molar-refractivity contribution < 1.29 is 4.74 Å². The van der Waals surface area contributed by atoms with Gasteiger partial charge in [0.25, 0.3) is 0 Å². The molecule has 0 amide bonds. The van der Waals surface area contributed by atoms with Crippen LogP contribution in [-0.4, -0.2) is 22.9 Å². The Bertz CT molecular complexity index is 568. The molecule has 4 nitrogen and oxygen atoms in total. The fourth-order valence-corrected chi connectivity index (χ4v) is 2.60. The maximum atomic E-state index is 5.83. The molecule has 0 unspecified atom stereocenters. The number of nitrogens with one attached hydrogen (secondary N) is 1. The number of hydrogen-bond donors (Lipinski definition) is 1. The average Bonchev–Trinajstić information content (AvgIpc) is 2.87. The van der Waals surface area contributed by atoms with Crippen molar-refractivity contribution in [1.82, 2.24) is 15.1 Å². The van der Waals surface area contributed by atoms with Gasteiger partial charge in [0, 0.05) is 26.2 Å². The topological polar surface area (TPSA) is 39.1 Å². The number of aromatic nitrogens is 2. The lowest BCUT2D eigenvalue weighted by Crippen LogP contribution is -2.13. The molecular formula is C16H22BrN3O. The first-order chi connectivity index (χ1) is 10.2. The Hall–Kier alpha value is -1.33. The van der Waals surface area contributed by atoms with Crippen LogP contribution >= 0.6 is 15.9 Å². The van der Waals surface area contributed by atoms with Gasteiger partial charge in [0.15, 0.2) is 0 Å². The summed E-state index contributed by atoms with van der Waals surface area (Å²) < 4.78 is 8.64. The summed E-state index contributed by atoms with van der Waals surface area (Å²) >= 11 is 3.58. The zero-order valence-corrected chi connectivity index (χ0v) is 14.2. The SMILES string of the molecule is CCCNCc1ccc(OCCc2cnn(C)c2)c(Br)c1. The highest BCUT2D eigenvalue weighted by Crippen LogP contribution is 2.26. The molecule has 1 aromatic carbocycles. The summed E-state index contributed by atoms with van der Waals surface area (Å²) in [5.41, 5.74) is 2.45. The van der Waals surface area contributed by atoms with Gasteiger partial charge in [-0.05, 0) is 52.2 Å². The minimum Gasteiger partial charge on any atom is -0.492 e. The lowest BCUT2D eigenvalue weighted by Gasteiger charge is -2.10. The maximum Gasteiger partial charge on any atom is 0.133 e. The van der Waals surface area contributed by atoms with Crippen molar-refractivity contribution in [3.05, 3.63) is 46.2 Å². The number of hydrogen-bond acceptors (Lipinski definition) is 3. The van der Waals surface area contributed by atoms with Crippen LogP contribution in [0.25, 0.3) is 0 Å². The Kier molecular flexibility index (Phi) is 6.26. The lowest BCUT2D eigenvalue weighted by atomic mass is 10.2. The fraction of sp³-hybridized carbons (Fsp3) is 0.438. The van der Waals surface area contributed by atoms with Crippen molar-refractivity contribution in [1.29, 1.82) is 0 Å². The molecule has 114 valence electrons. The van der Waals surface area contributed by atoms with E-state index in [1.807, 2.05) is 30.2 Å². The Balaban J connectivity index is 1.83. The Morgan fingerprint density at radius 2 is 2.19 bits per heavy atom. The van der Waals surface area contributed by atoms with E-state index in [1.165, 1.54) is 11.1 Å². The van der Waals surface area contributed by atoms with Crippen LogP contribution in [0.4, 0.5) is 0 Å². The van der Waals surface area contributed by atoms with E-state index in [0.29, 0.717) is 6.61 Å². The Morgan fingerprint density at radius 1 is 1.33 bits per heavy atom. The summed E-state index contributed by atoms with van der Waals surface area (Å²) in [4.78, 5) is 0. The molecule has 0 aliphatic rings. The number of ether oxygens (including phenoxy) is 1. The lowest BCUT2D eigenvalue weighted by molar-refractivity contribution is 0.320. The largest absolute Gasteiger partial charge is 0.492 e. The summed E-state index contributed by atoms with van der Waals surface area (Å²) in [6.07, 6.45) is 5.90. The van der Waals surface area contributed by atoms with Gasteiger partial charge in [-0.2, -0.15) is 5.10 Å². The summed E-state index contributed by atoms with van der Waals surface area (Å²) in [6.45, 7) is 4.75. The van der Waals surface area contributed by atoms with E-state index < -0.39 is 0 Å². The Morgan fingerprint density at radius 3 is 2.86 bits per heavy atom. The van der Waals surface area contributed by atoms with Gasteiger partial charge in [-0.25, -0.2) is 0 Å². The van der Waals surface area contributed by atoms with E-state index in [0.717, 1.165) is 36.2 Å². The predicted molar refractivity (Wildman–Crippen MR) is 88.5 cm³/mol. The van der Waals surface area contributed by atoms with Crippen LogP contribution < -0.4 is 10.1 Å². The molecule has 5 heteroatoms. The molecule has 1 N–H and O–H groups in total. The highest BCUT2D eigenvalue weighted by Gasteiger charge is 2.04. The van der Waals surface area contributed by atoms with Crippen molar-refractivity contribution in [3.8, 4) is 5.75 Å². The Labute approximate surface area is 134 Å². The summed E-state index contributed by atoms with van der Waals surface area (Å²) in [6, 6.07) is 6.24. The van der Waals surface area contributed by atoms with Crippen molar-refractivity contribution in [2.24, 2.45) is 7.05 Å². The molecule has 0 fully saturated rings. The first-order valence-corrected chi connectivity index (χ1v) is 8.08. The van der Waals surface area contributed by atoms with E-state index in [9.17, 15) is 0 Å². The first kappa shape index (κ1) is 16.0. The summed E-state index contributed by atoms with van der Waals surface area (Å²) in [5, 5.41) is 7.55. The van der Waals surface area contributed by atoms with Gasteiger partial charge in [-0.3, -0.25) is 4.68 Å². The second kappa shape index (κ2) is 8.20. The van der Waals surface area contributed by atoms with Crippen LogP contribution in [0.3, 0.4) is 0 Å². The van der Waals surface area contributed by atoms with E-state index in [4.69, 9.17) is 4.74 Å². The smallest absolute Gasteiger partial charge is 0.133 e. The van der Waals surface area contributed by atoms with Crippen molar-refractivity contribution in [2.75, 3.05) is 13.2 Å². The molecule has 2 rings (SSSR count). The van der Waals surface area contributed by atoms with Crippen molar-refractivity contribution in [2.45, 2.75) is 26.3 Å². The number of rotatable bonds is 8. The molecule has 21 heavy (non-hydrogen) atoms. The second-order valence-electron chi connectivity index (χ2n) is 5.06. The summed E-state index contributed by atoms with van der Waals surface area (Å²) in [5.74, 6) is 0.887. The third-order valence-electron chi connectivity index (χ3n) is 3.16. The van der Waals surface area contributed by atoms with E-state index in [2.05, 4.69) is 45.4 Å². The molecule has 2 aromatic rings. The zero-order chi connectivity index (χ0) is 15.1. The van der Waals surface area contributed by atoms with Crippen molar-refractivity contribution in [3.63, 3.8) is 0 Å². The van der Waals surface area contributed by atoms with Gasteiger partial charge < -0.3 is 10.1 Å². The normalized spacial score (nSPS) is 10.8. The molecule has 0 aliphatic carbocycles. The molecule has 0 radical (unpaired) electrons. The molecule has 0 aliphatic heterocycles. The van der Waals surface area contributed by atoms with Gasteiger partial charge in [0.1, 0.15) is 5.75 Å². The molecule has 0 atom stereocenters. The van der Waals surface area contributed by atoms with Gasteiger partial charge >= 0.3 is 0 Å². The van der Waals surface area contributed by atoms with Crippen LogP contribution in [0.1, 0.15) is 24.5 Å². The summed E-state index contributed by atoms with van der Waals surface area (Å²) in [7, 11) is 1.92. The number of aryl methyl sites for hydroxylation is 1. The quantitative estimate of drug-likeness (QED) is 0.741. The minimum atomic E-state index is 0.651. The van der Waals surface area contributed by atoms with E-state index in [1.54, 1.807) is 0 Å². The third kappa shape index (κ3) is 5.17. The predicted octanol–water partition coefficient (Wildman–Crippen LogP) is 3.30. The van der Waals surface area contributed by atoms with E-state index in [-0.39, 0.29) is 0 Å². The van der Waals surface area contributed by atoms with Gasteiger partial charge in [-0.1, -0.05) is 13.0 Å². The second-order valence-corrected chi connectivity index (χ2v) is 5.92. The molecule has 0 spiro atoms. The standard InChI is InChI=1S/C16H22BrN3O/c1-3-7-18-10-13-4-5-16(15(17)9-13)21-8-6-14-11-19-20(2)12-14/h4-5,9,11-12,18H,3,6-8,10H2,1-2H3. The monoisotopic (exact) mass is 351 g/mol. The molecular weight excluding hydrogens is 330 g/mol. The molecule has 0 saturated heterocycles. The van der Waals surface area contributed by atoms with Gasteiger partial charge in [-0.15, -0.1) is 0 Å². The highest BCUT2D eigenvalue weighted by atomic mass is 79.9. The first-order valence-electron chi connectivity index (χ1n) is 7.28. The van der Waals surface area contributed by atoms with Crippen LogP contribution in [0.5, 0.6) is 5.75 Å². The molecule has 1 aromatic heterocycles. The number of halogens is 1. The zero-order valence-electron chi connectivity index (χ0n) is 12.6. The minimum absolute atomic E-state index is 0.651. The average molecular weight is 352 g/mol. The number of nitrogens with zero attached hydrogens (tertiary/aromatic N) is 2. The van der Waals surface area contributed by atoms with E-state index >= 15 is 0 Å². The van der Waals surface area contributed by atoms with Crippen molar-refractivity contribution >= 4 is 15.9 Å². The van der Waals surface area contributed by atoms with Gasteiger partial charge in [0.05, 0.1) is 17.3 Å². The third-order valence-corrected chi connectivity index (χ3v) is 3.78. The van der Waals surface area contributed by atoms with Crippen LogP contribution in [0.2, 0.25) is 0 Å². The van der Waals surface area contributed by atoms with Crippen LogP contribution in [0.15, 0.2) is 35.1 Å². The van der Waals surface area contributed by atoms with Crippen LogP contribution in [-0.2, 0) is 20.0 Å². The van der Waals surface area contributed by atoms with Crippen LogP contribution in [0, 0.1) is 0 Å². The molecule has 1 heterocycles.